The Morgan fingerprint density at radius 3 is 2.71 bits per heavy atom. The molecule has 1 aromatic heterocycles. The predicted molar refractivity (Wildman–Crippen MR) is 83.8 cm³/mol. The van der Waals surface area contributed by atoms with Crippen LogP contribution in [0.5, 0.6) is 0 Å². The molecule has 1 heterocycles. The molecular weight excluding hydrogens is 266 g/mol. The van der Waals surface area contributed by atoms with Crippen molar-refractivity contribution in [3.05, 3.63) is 47.3 Å². The Kier molecular flexibility index (Phi) is 4.42. The third-order valence-electron chi connectivity index (χ3n) is 3.08. The van der Waals surface area contributed by atoms with Gasteiger partial charge in [-0.25, -0.2) is 4.79 Å². The fourth-order valence-corrected chi connectivity index (χ4v) is 2.04. The van der Waals surface area contributed by atoms with Gasteiger partial charge in [-0.15, -0.1) is 0 Å². The van der Waals surface area contributed by atoms with E-state index in [4.69, 9.17) is 10.5 Å². The molecule has 0 amide bonds. The third-order valence-corrected chi connectivity index (χ3v) is 3.08. The molecule has 2 aromatic rings. The number of carbonyl (C=O) groups is 1. The number of anilines is 3. The lowest BCUT2D eigenvalue weighted by atomic mass is 10.1. The van der Waals surface area contributed by atoms with Crippen molar-refractivity contribution in [3.8, 4) is 0 Å². The van der Waals surface area contributed by atoms with Crippen LogP contribution in [0.4, 0.5) is 17.1 Å². The second-order valence-electron chi connectivity index (χ2n) is 4.70. The van der Waals surface area contributed by atoms with Gasteiger partial charge in [0.1, 0.15) is 0 Å². The van der Waals surface area contributed by atoms with Crippen LogP contribution in [-0.4, -0.2) is 17.6 Å². The summed E-state index contributed by atoms with van der Waals surface area (Å²) in [4.78, 5) is 16.4. The van der Waals surface area contributed by atoms with Crippen LogP contribution in [0.25, 0.3) is 0 Å². The van der Waals surface area contributed by atoms with Gasteiger partial charge in [-0.1, -0.05) is 6.07 Å². The molecule has 0 saturated carbocycles. The summed E-state index contributed by atoms with van der Waals surface area (Å²) in [5, 5.41) is 3.19. The van der Waals surface area contributed by atoms with E-state index in [1.54, 1.807) is 25.1 Å². The van der Waals surface area contributed by atoms with E-state index in [1.807, 2.05) is 26.0 Å². The topological polar surface area (TPSA) is 77.2 Å². The van der Waals surface area contributed by atoms with E-state index in [9.17, 15) is 4.79 Å². The van der Waals surface area contributed by atoms with Crippen molar-refractivity contribution < 1.29 is 9.53 Å². The van der Waals surface area contributed by atoms with Crippen LogP contribution in [0, 0.1) is 13.8 Å². The average Bonchev–Trinajstić information content (AvgIpc) is 2.43. The molecule has 0 unspecified atom stereocenters. The number of carbonyl (C=O) groups excluding carboxylic acids is 1. The Morgan fingerprint density at radius 2 is 2.05 bits per heavy atom. The molecule has 1 aromatic carbocycles. The first-order valence-electron chi connectivity index (χ1n) is 6.79. The van der Waals surface area contributed by atoms with Gasteiger partial charge < -0.3 is 15.8 Å². The molecule has 0 aliphatic carbocycles. The molecule has 21 heavy (non-hydrogen) atoms. The lowest BCUT2D eigenvalue weighted by Gasteiger charge is -2.15. The van der Waals surface area contributed by atoms with Crippen LogP contribution in [0.3, 0.4) is 0 Å². The largest absolute Gasteiger partial charge is 0.462 e. The van der Waals surface area contributed by atoms with Crippen LogP contribution >= 0.6 is 0 Å². The van der Waals surface area contributed by atoms with E-state index in [1.165, 1.54) is 0 Å². The van der Waals surface area contributed by atoms with Gasteiger partial charge >= 0.3 is 5.97 Å². The number of para-hydroxylation sites is 1. The van der Waals surface area contributed by atoms with E-state index in [0.717, 1.165) is 17.1 Å². The number of ether oxygens (including phenoxy) is 1. The van der Waals surface area contributed by atoms with Gasteiger partial charge in [0.05, 0.1) is 34.9 Å². The standard InChI is InChI=1S/C16H19N3O2/c1-4-21-16(20)12-6-5-7-13(17)15(12)19-14-9-8-10(2)18-11(14)3/h5-9,19H,4,17H2,1-3H3. The number of nitrogens with two attached hydrogens (primary N) is 1. The van der Waals surface area contributed by atoms with E-state index in [2.05, 4.69) is 10.3 Å². The number of esters is 1. The minimum absolute atomic E-state index is 0.318. The van der Waals surface area contributed by atoms with Crippen molar-refractivity contribution in [3.63, 3.8) is 0 Å². The lowest BCUT2D eigenvalue weighted by Crippen LogP contribution is -2.10. The SMILES string of the molecule is CCOC(=O)c1cccc(N)c1Nc1ccc(C)nc1C. The Balaban J connectivity index is 2.41. The highest BCUT2D eigenvalue weighted by atomic mass is 16.5. The molecular formula is C16H19N3O2. The number of aryl methyl sites for hydroxylation is 2. The molecule has 0 aliphatic heterocycles. The number of benzene rings is 1. The van der Waals surface area contributed by atoms with Gasteiger partial charge in [-0.2, -0.15) is 0 Å². The summed E-state index contributed by atoms with van der Waals surface area (Å²) >= 11 is 0. The zero-order chi connectivity index (χ0) is 15.4. The van der Waals surface area contributed by atoms with Crippen molar-refractivity contribution in [1.29, 1.82) is 0 Å². The Hall–Kier alpha value is -2.56. The highest BCUT2D eigenvalue weighted by Crippen LogP contribution is 2.29. The molecule has 5 nitrogen and oxygen atoms in total. The molecule has 0 radical (unpaired) electrons. The van der Waals surface area contributed by atoms with Crippen LogP contribution in [0.1, 0.15) is 28.7 Å². The lowest BCUT2D eigenvalue weighted by molar-refractivity contribution is 0.0527. The van der Waals surface area contributed by atoms with Crippen molar-refractivity contribution in [2.75, 3.05) is 17.7 Å². The maximum absolute atomic E-state index is 12.0. The van der Waals surface area contributed by atoms with Gasteiger partial charge in [-0.05, 0) is 45.0 Å². The van der Waals surface area contributed by atoms with Gasteiger partial charge in [-0.3, -0.25) is 4.98 Å². The fourth-order valence-electron chi connectivity index (χ4n) is 2.04. The number of hydrogen-bond acceptors (Lipinski definition) is 5. The second-order valence-corrected chi connectivity index (χ2v) is 4.70. The number of aromatic nitrogens is 1. The molecule has 0 atom stereocenters. The maximum Gasteiger partial charge on any atom is 0.340 e. The number of hydrogen-bond donors (Lipinski definition) is 2. The average molecular weight is 285 g/mol. The molecule has 0 saturated heterocycles. The van der Waals surface area contributed by atoms with Gasteiger partial charge in [0.25, 0.3) is 0 Å². The highest BCUT2D eigenvalue weighted by Gasteiger charge is 2.15. The Bertz CT molecular complexity index is 669. The first kappa shape index (κ1) is 14.8. The number of nitrogens with zero attached hydrogens (tertiary/aromatic N) is 1. The summed E-state index contributed by atoms with van der Waals surface area (Å²) in [5.41, 5.74) is 10.0. The summed E-state index contributed by atoms with van der Waals surface area (Å²) < 4.78 is 5.06. The number of rotatable bonds is 4. The smallest absolute Gasteiger partial charge is 0.340 e. The number of pyridine rings is 1. The molecule has 0 aliphatic rings. The first-order chi connectivity index (χ1) is 10.0. The molecule has 0 spiro atoms. The quantitative estimate of drug-likeness (QED) is 0.666. The van der Waals surface area contributed by atoms with Crippen molar-refractivity contribution in [2.24, 2.45) is 0 Å². The molecule has 2 rings (SSSR count). The van der Waals surface area contributed by atoms with Crippen molar-refractivity contribution >= 4 is 23.0 Å². The van der Waals surface area contributed by atoms with Crippen LogP contribution in [0.2, 0.25) is 0 Å². The normalized spacial score (nSPS) is 10.2. The summed E-state index contributed by atoms with van der Waals surface area (Å²) in [5.74, 6) is -0.398. The first-order valence-corrected chi connectivity index (χ1v) is 6.79. The van der Waals surface area contributed by atoms with Crippen LogP contribution in [0.15, 0.2) is 30.3 Å². The molecule has 3 N–H and O–H groups in total. The number of nitrogens with one attached hydrogen (secondary N) is 1. The number of nitrogen functional groups attached to an aromatic ring is 1. The fraction of sp³-hybridized carbons (Fsp3) is 0.250. The third kappa shape index (κ3) is 3.31. The minimum atomic E-state index is -0.398. The van der Waals surface area contributed by atoms with Crippen LogP contribution < -0.4 is 11.1 Å². The monoisotopic (exact) mass is 285 g/mol. The van der Waals surface area contributed by atoms with E-state index < -0.39 is 5.97 Å². The van der Waals surface area contributed by atoms with Crippen LogP contribution in [-0.2, 0) is 4.74 Å². The van der Waals surface area contributed by atoms with E-state index in [-0.39, 0.29) is 0 Å². The predicted octanol–water partition coefficient (Wildman–Crippen LogP) is 3.20. The van der Waals surface area contributed by atoms with E-state index in [0.29, 0.717) is 23.5 Å². The second kappa shape index (κ2) is 6.26. The minimum Gasteiger partial charge on any atom is -0.462 e. The Labute approximate surface area is 124 Å². The summed E-state index contributed by atoms with van der Waals surface area (Å²) in [6, 6.07) is 8.97. The van der Waals surface area contributed by atoms with Gasteiger partial charge in [0, 0.05) is 5.69 Å². The van der Waals surface area contributed by atoms with Crippen molar-refractivity contribution in [1.82, 2.24) is 4.98 Å². The van der Waals surface area contributed by atoms with Crippen molar-refractivity contribution in [2.45, 2.75) is 20.8 Å². The van der Waals surface area contributed by atoms with Gasteiger partial charge in [0.15, 0.2) is 0 Å². The molecule has 110 valence electrons. The Morgan fingerprint density at radius 1 is 1.29 bits per heavy atom. The zero-order valence-corrected chi connectivity index (χ0v) is 12.4. The van der Waals surface area contributed by atoms with E-state index >= 15 is 0 Å². The molecule has 5 heteroatoms. The molecule has 0 fully saturated rings. The molecule has 0 bridgehead atoms. The maximum atomic E-state index is 12.0. The summed E-state index contributed by atoms with van der Waals surface area (Å²) in [7, 11) is 0. The zero-order valence-electron chi connectivity index (χ0n) is 12.4. The van der Waals surface area contributed by atoms with Gasteiger partial charge in [0.2, 0.25) is 0 Å². The summed E-state index contributed by atoms with van der Waals surface area (Å²) in [6.45, 7) is 5.92. The highest BCUT2D eigenvalue weighted by molar-refractivity contribution is 6.00. The summed E-state index contributed by atoms with van der Waals surface area (Å²) in [6.07, 6.45) is 0.